The molecule has 0 amide bonds. The standard InChI is InChI=1S/C15H22FNS/c1-12-3-2-4-15(11-12)18-10-9-17-14-7-5-13(16)6-8-14/h5-8,12,15,17H,2-4,9-11H2,1H3. The van der Waals surface area contributed by atoms with Crippen molar-refractivity contribution in [3.63, 3.8) is 0 Å². The summed E-state index contributed by atoms with van der Waals surface area (Å²) in [6.45, 7) is 3.32. The van der Waals surface area contributed by atoms with Gasteiger partial charge in [-0.1, -0.05) is 19.8 Å². The molecule has 1 aliphatic rings. The van der Waals surface area contributed by atoms with Crippen LogP contribution in [0.2, 0.25) is 0 Å². The van der Waals surface area contributed by atoms with E-state index in [0.717, 1.165) is 29.2 Å². The predicted molar refractivity (Wildman–Crippen MR) is 78.8 cm³/mol. The van der Waals surface area contributed by atoms with Crippen LogP contribution in [0.5, 0.6) is 0 Å². The molecule has 1 fully saturated rings. The quantitative estimate of drug-likeness (QED) is 0.785. The van der Waals surface area contributed by atoms with Crippen LogP contribution in [-0.2, 0) is 0 Å². The fourth-order valence-corrected chi connectivity index (χ4v) is 3.87. The second-order valence-corrected chi connectivity index (χ2v) is 6.61. The second kappa shape index (κ2) is 7.03. The summed E-state index contributed by atoms with van der Waals surface area (Å²) >= 11 is 2.09. The lowest BCUT2D eigenvalue weighted by Gasteiger charge is -2.26. The molecule has 1 aliphatic carbocycles. The first-order valence-electron chi connectivity index (χ1n) is 6.85. The summed E-state index contributed by atoms with van der Waals surface area (Å²) in [5.74, 6) is 1.86. The highest BCUT2D eigenvalue weighted by molar-refractivity contribution is 7.99. The van der Waals surface area contributed by atoms with Crippen molar-refractivity contribution in [2.45, 2.75) is 37.9 Å². The van der Waals surface area contributed by atoms with Crippen molar-refractivity contribution in [1.82, 2.24) is 0 Å². The van der Waals surface area contributed by atoms with Crippen LogP contribution in [0.15, 0.2) is 24.3 Å². The van der Waals surface area contributed by atoms with E-state index in [0.29, 0.717) is 0 Å². The van der Waals surface area contributed by atoms with E-state index in [-0.39, 0.29) is 5.82 Å². The number of hydrogen-bond acceptors (Lipinski definition) is 2. The van der Waals surface area contributed by atoms with Crippen LogP contribution in [0.25, 0.3) is 0 Å². The molecule has 0 aromatic heterocycles. The molecule has 3 heteroatoms. The molecule has 1 nitrogen and oxygen atoms in total. The Morgan fingerprint density at radius 2 is 2.06 bits per heavy atom. The highest BCUT2D eigenvalue weighted by atomic mass is 32.2. The molecule has 0 aliphatic heterocycles. The zero-order valence-electron chi connectivity index (χ0n) is 11.0. The zero-order valence-corrected chi connectivity index (χ0v) is 11.8. The largest absolute Gasteiger partial charge is 0.384 e. The van der Waals surface area contributed by atoms with Gasteiger partial charge in [0.2, 0.25) is 0 Å². The molecule has 0 saturated heterocycles. The fourth-order valence-electron chi connectivity index (χ4n) is 2.52. The van der Waals surface area contributed by atoms with Crippen molar-refractivity contribution in [3.8, 4) is 0 Å². The number of halogens is 1. The Bertz CT molecular complexity index is 352. The molecule has 2 rings (SSSR count). The Balaban J connectivity index is 1.62. The number of rotatable bonds is 5. The molecular weight excluding hydrogens is 245 g/mol. The molecule has 1 saturated carbocycles. The summed E-state index contributed by atoms with van der Waals surface area (Å²) in [7, 11) is 0. The maximum atomic E-state index is 12.7. The normalized spacial score (nSPS) is 23.9. The molecule has 2 unspecified atom stereocenters. The third-order valence-corrected chi connectivity index (χ3v) is 4.86. The molecule has 0 spiro atoms. The summed E-state index contributed by atoms with van der Waals surface area (Å²) in [5, 5.41) is 4.19. The van der Waals surface area contributed by atoms with Gasteiger partial charge in [0.05, 0.1) is 0 Å². The van der Waals surface area contributed by atoms with E-state index in [1.54, 1.807) is 12.1 Å². The van der Waals surface area contributed by atoms with Crippen molar-refractivity contribution < 1.29 is 4.39 Å². The average molecular weight is 267 g/mol. The van der Waals surface area contributed by atoms with Crippen LogP contribution in [0.3, 0.4) is 0 Å². The lowest BCUT2D eigenvalue weighted by Crippen LogP contribution is -2.17. The summed E-state index contributed by atoms with van der Waals surface area (Å²) in [6.07, 6.45) is 5.56. The van der Waals surface area contributed by atoms with Gasteiger partial charge in [-0.2, -0.15) is 11.8 Å². The minimum absolute atomic E-state index is 0.175. The van der Waals surface area contributed by atoms with Crippen LogP contribution in [-0.4, -0.2) is 17.5 Å². The summed E-state index contributed by atoms with van der Waals surface area (Å²) < 4.78 is 12.7. The van der Waals surface area contributed by atoms with Gasteiger partial charge in [0.25, 0.3) is 0 Å². The molecule has 1 N–H and O–H groups in total. The van der Waals surface area contributed by atoms with Crippen LogP contribution >= 0.6 is 11.8 Å². The zero-order chi connectivity index (χ0) is 12.8. The second-order valence-electron chi connectivity index (χ2n) is 5.20. The monoisotopic (exact) mass is 267 g/mol. The van der Waals surface area contributed by atoms with Crippen molar-refractivity contribution in [1.29, 1.82) is 0 Å². The lowest BCUT2D eigenvalue weighted by molar-refractivity contribution is 0.394. The molecule has 0 heterocycles. The highest BCUT2D eigenvalue weighted by Gasteiger charge is 2.18. The van der Waals surface area contributed by atoms with Gasteiger partial charge in [-0.15, -0.1) is 0 Å². The average Bonchev–Trinajstić information content (AvgIpc) is 2.37. The Hall–Kier alpha value is -0.700. The van der Waals surface area contributed by atoms with Gasteiger partial charge in [0.15, 0.2) is 0 Å². The first-order chi connectivity index (χ1) is 8.74. The number of thioether (sulfide) groups is 1. The van der Waals surface area contributed by atoms with Gasteiger partial charge in [-0.3, -0.25) is 0 Å². The van der Waals surface area contributed by atoms with Crippen LogP contribution < -0.4 is 5.32 Å². The Morgan fingerprint density at radius 3 is 2.78 bits per heavy atom. The Kier molecular flexibility index (Phi) is 5.36. The summed E-state index contributed by atoms with van der Waals surface area (Å²) in [4.78, 5) is 0. The third kappa shape index (κ3) is 4.52. The molecule has 18 heavy (non-hydrogen) atoms. The van der Waals surface area contributed by atoms with Crippen LogP contribution in [0, 0.1) is 11.7 Å². The Labute approximate surface area is 114 Å². The third-order valence-electron chi connectivity index (χ3n) is 3.52. The van der Waals surface area contributed by atoms with Gasteiger partial charge < -0.3 is 5.32 Å². The number of anilines is 1. The van der Waals surface area contributed by atoms with E-state index in [9.17, 15) is 4.39 Å². The SMILES string of the molecule is CC1CCCC(SCCNc2ccc(F)cc2)C1. The lowest BCUT2D eigenvalue weighted by atomic mass is 9.91. The number of hydrogen-bond donors (Lipinski definition) is 1. The molecule has 2 atom stereocenters. The smallest absolute Gasteiger partial charge is 0.123 e. The fraction of sp³-hybridized carbons (Fsp3) is 0.600. The van der Waals surface area contributed by atoms with Crippen molar-refractivity contribution >= 4 is 17.4 Å². The number of nitrogens with one attached hydrogen (secondary N) is 1. The van der Waals surface area contributed by atoms with Gasteiger partial charge in [0, 0.05) is 23.2 Å². The van der Waals surface area contributed by atoms with Gasteiger partial charge in [0.1, 0.15) is 5.82 Å². The molecule has 1 aromatic rings. The maximum Gasteiger partial charge on any atom is 0.123 e. The highest BCUT2D eigenvalue weighted by Crippen LogP contribution is 2.31. The van der Waals surface area contributed by atoms with Gasteiger partial charge >= 0.3 is 0 Å². The molecule has 0 bridgehead atoms. The van der Waals surface area contributed by atoms with E-state index >= 15 is 0 Å². The number of benzene rings is 1. The molecule has 100 valence electrons. The molecule has 1 aromatic carbocycles. The van der Waals surface area contributed by atoms with Crippen molar-refractivity contribution in [2.24, 2.45) is 5.92 Å². The van der Waals surface area contributed by atoms with Crippen LogP contribution in [0.1, 0.15) is 32.6 Å². The summed E-state index contributed by atoms with van der Waals surface area (Å²) in [6, 6.07) is 6.59. The van der Waals surface area contributed by atoms with Gasteiger partial charge in [-0.05, 0) is 43.0 Å². The molecule has 0 radical (unpaired) electrons. The first kappa shape index (κ1) is 13.7. The van der Waals surface area contributed by atoms with Gasteiger partial charge in [-0.25, -0.2) is 4.39 Å². The molecular formula is C15H22FNS. The topological polar surface area (TPSA) is 12.0 Å². The minimum Gasteiger partial charge on any atom is -0.384 e. The first-order valence-corrected chi connectivity index (χ1v) is 7.90. The van der Waals surface area contributed by atoms with Crippen molar-refractivity contribution in [3.05, 3.63) is 30.1 Å². The van der Waals surface area contributed by atoms with E-state index in [4.69, 9.17) is 0 Å². The van der Waals surface area contributed by atoms with Crippen LogP contribution in [0.4, 0.5) is 10.1 Å². The van der Waals surface area contributed by atoms with E-state index in [1.807, 2.05) is 0 Å². The van der Waals surface area contributed by atoms with Crippen molar-refractivity contribution in [2.75, 3.05) is 17.6 Å². The van der Waals surface area contributed by atoms with E-state index in [2.05, 4.69) is 24.0 Å². The Morgan fingerprint density at radius 1 is 1.28 bits per heavy atom. The maximum absolute atomic E-state index is 12.7. The summed E-state index contributed by atoms with van der Waals surface area (Å²) in [5.41, 5.74) is 1.01. The minimum atomic E-state index is -0.175. The predicted octanol–water partition coefficient (Wildman–Crippen LogP) is 4.55. The van der Waals surface area contributed by atoms with E-state index in [1.165, 1.54) is 37.8 Å². The van der Waals surface area contributed by atoms with E-state index < -0.39 is 0 Å².